The third-order valence-corrected chi connectivity index (χ3v) is 2.85. The highest BCUT2D eigenvalue weighted by Crippen LogP contribution is 2.14. The molecule has 0 aromatic carbocycles. The zero-order valence-electron chi connectivity index (χ0n) is 9.77. The van der Waals surface area contributed by atoms with Crippen molar-refractivity contribution < 1.29 is 14.6 Å². The van der Waals surface area contributed by atoms with Crippen LogP contribution in [0.2, 0.25) is 0 Å². The number of pyridine rings is 1. The fraction of sp³-hybridized carbons (Fsp3) is 0.500. The van der Waals surface area contributed by atoms with E-state index in [4.69, 9.17) is 9.84 Å². The minimum atomic E-state index is -0.944. The maximum absolute atomic E-state index is 10.8. The summed E-state index contributed by atoms with van der Waals surface area (Å²) in [6.45, 7) is 3.25. The van der Waals surface area contributed by atoms with Gasteiger partial charge >= 0.3 is 5.97 Å². The van der Waals surface area contributed by atoms with Crippen LogP contribution < -0.4 is 5.32 Å². The Morgan fingerprint density at radius 1 is 1.65 bits per heavy atom. The van der Waals surface area contributed by atoms with E-state index >= 15 is 0 Å². The maximum atomic E-state index is 10.8. The molecule has 0 spiro atoms. The number of rotatable bonds is 4. The van der Waals surface area contributed by atoms with Crippen molar-refractivity contribution in [1.82, 2.24) is 4.98 Å². The van der Waals surface area contributed by atoms with Crippen LogP contribution in [0, 0.1) is 6.92 Å². The highest BCUT2D eigenvalue weighted by atomic mass is 16.5. The van der Waals surface area contributed by atoms with Gasteiger partial charge in [0.25, 0.3) is 0 Å². The second-order valence-corrected chi connectivity index (χ2v) is 4.15. The normalized spacial score (nSPS) is 19.2. The van der Waals surface area contributed by atoms with Crippen molar-refractivity contribution >= 4 is 11.8 Å². The Bertz CT molecular complexity index is 414. The Morgan fingerprint density at radius 3 is 3.06 bits per heavy atom. The minimum Gasteiger partial charge on any atom is -0.478 e. The predicted octanol–water partition coefficient (Wildman–Crippen LogP) is 1.68. The quantitative estimate of drug-likeness (QED) is 0.832. The van der Waals surface area contributed by atoms with Crippen LogP contribution >= 0.6 is 0 Å². The van der Waals surface area contributed by atoms with Gasteiger partial charge in [-0.15, -0.1) is 0 Å². The van der Waals surface area contributed by atoms with Crippen LogP contribution in [0.15, 0.2) is 12.1 Å². The van der Waals surface area contributed by atoms with Crippen molar-refractivity contribution in [3.63, 3.8) is 0 Å². The van der Waals surface area contributed by atoms with Gasteiger partial charge in [0.1, 0.15) is 5.82 Å². The molecule has 0 radical (unpaired) electrons. The summed E-state index contributed by atoms with van der Waals surface area (Å²) in [6.07, 6.45) is 2.42. The number of hydrogen-bond acceptors (Lipinski definition) is 4. The number of carbonyl (C=O) groups is 1. The smallest absolute Gasteiger partial charge is 0.337 e. The highest BCUT2D eigenvalue weighted by molar-refractivity contribution is 5.89. The second-order valence-electron chi connectivity index (χ2n) is 4.15. The lowest BCUT2D eigenvalue weighted by Crippen LogP contribution is -2.19. The first kappa shape index (κ1) is 11.9. The monoisotopic (exact) mass is 236 g/mol. The number of hydrogen-bond donors (Lipinski definition) is 2. The molecule has 17 heavy (non-hydrogen) atoms. The number of aryl methyl sites for hydroxylation is 1. The van der Waals surface area contributed by atoms with Gasteiger partial charge in [-0.1, -0.05) is 0 Å². The number of nitrogens with one attached hydrogen (secondary N) is 1. The van der Waals surface area contributed by atoms with E-state index in [0.29, 0.717) is 11.5 Å². The molecule has 5 heteroatoms. The van der Waals surface area contributed by atoms with Crippen LogP contribution in [0.5, 0.6) is 0 Å². The predicted molar refractivity (Wildman–Crippen MR) is 63.4 cm³/mol. The van der Waals surface area contributed by atoms with E-state index in [1.54, 1.807) is 19.1 Å². The van der Waals surface area contributed by atoms with E-state index in [1.807, 2.05) is 0 Å². The maximum Gasteiger partial charge on any atom is 0.337 e. The standard InChI is InChI=1S/C12H16N2O3/c1-8-10(12(15)16)4-5-11(14-8)13-7-9-3-2-6-17-9/h4-5,9H,2-3,6-7H2,1H3,(H,13,14)(H,15,16). The first-order chi connectivity index (χ1) is 8.16. The van der Waals surface area contributed by atoms with Crippen LogP contribution in [0.1, 0.15) is 28.9 Å². The summed E-state index contributed by atoms with van der Waals surface area (Å²) in [4.78, 5) is 15.0. The topological polar surface area (TPSA) is 71.5 Å². The van der Waals surface area contributed by atoms with Crippen LogP contribution in [0.3, 0.4) is 0 Å². The number of carboxylic acids is 1. The molecule has 0 bridgehead atoms. The lowest BCUT2D eigenvalue weighted by atomic mass is 10.2. The average molecular weight is 236 g/mol. The van der Waals surface area contributed by atoms with Gasteiger partial charge in [0, 0.05) is 13.2 Å². The molecule has 1 unspecified atom stereocenters. The van der Waals surface area contributed by atoms with E-state index in [2.05, 4.69) is 10.3 Å². The van der Waals surface area contributed by atoms with Crippen LogP contribution in [-0.4, -0.2) is 35.3 Å². The SMILES string of the molecule is Cc1nc(NCC2CCCO2)ccc1C(=O)O. The van der Waals surface area contributed by atoms with Gasteiger partial charge in [-0.2, -0.15) is 0 Å². The zero-order chi connectivity index (χ0) is 12.3. The Kier molecular flexibility index (Phi) is 3.58. The average Bonchev–Trinajstić information content (AvgIpc) is 2.78. The Hall–Kier alpha value is -1.62. The van der Waals surface area contributed by atoms with Gasteiger partial charge in [-0.25, -0.2) is 9.78 Å². The van der Waals surface area contributed by atoms with E-state index < -0.39 is 5.97 Å². The number of ether oxygens (including phenoxy) is 1. The lowest BCUT2D eigenvalue weighted by Gasteiger charge is -2.12. The first-order valence-electron chi connectivity index (χ1n) is 5.73. The van der Waals surface area contributed by atoms with Gasteiger partial charge in [0.2, 0.25) is 0 Å². The molecule has 2 N–H and O–H groups in total. The summed E-state index contributed by atoms with van der Waals surface area (Å²) in [7, 11) is 0. The third kappa shape index (κ3) is 2.94. The van der Waals surface area contributed by atoms with Crippen molar-refractivity contribution in [3.8, 4) is 0 Å². The molecule has 1 aromatic rings. The Labute approximate surface area is 99.8 Å². The largest absolute Gasteiger partial charge is 0.478 e. The van der Waals surface area contributed by atoms with Crippen molar-refractivity contribution in [2.45, 2.75) is 25.9 Å². The highest BCUT2D eigenvalue weighted by Gasteiger charge is 2.15. The van der Waals surface area contributed by atoms with E-state index in [9.17, 15) is 4.79 Å². The summed E-state index contributed by atoms with van der Waals surface area (Å²) in [6, 6.07) is 3.26. The summed E-state index contributed by atoms with van der Waals surface area (Å²) in [5.74, 6) is -0.247. The molecule has 0 aliphatic carbocycles. The van der Waals surface area contributed by atoms with Gasteiger partial charge < -0.3 is 15.2 Å². The second kappa shape index (κ2) is 5.14. The van der Waals surface area contributed by atoms with E-state index in [1.165, 1.54) is 0 Å². The molecule has 1 saturated heterocycles. The summed E-state index contributed by atoms with van der Waals surface area (Å²) in [5, 5.41) is 12.0. The first-order valence-corrected chi connectivity index (χ1v) is 5.73. The lowest BCUT2D eigenvalue weighted by molar-refractivity contribution is 0.0695. The molecule has 1 aliphatic rings. The summed E-state index contributed by atoms with van der Waals surface area (Å²) >= 11 is 0. The van der Waals surface area contributed by atoms with Gasteiger partial charge in [0.15, 0.2) is 0 Å². The van der Waals surface area contributed by atoms with Crippen molar-refractivity contribution in [1.29, 1.82) is 0 Å². The van der Waals surface area contributed by atoms with Gasteiger partial charge in [-0.05, 0) is 31.9 Å². The molecule has 2 heterocycles. The molecule has 5 nitrogen and oxygen atoms in total. The molecule has 0 saturated carbocycles. The molecular weight excluding hydrogens is 220 g/mol. The fourth-order valence-corrected chi connectivity index (χ4v) is 1.91. The Morgan fingerprint density at radius 2 is 2.47 bits per heavy atom. The molecule has 1 aliphatic heterocycles. The summed E-state index contributed by atoms with van der Waals surface area (Å²) in [5.41, 5.74) is 0.766. The number of aromatic carboxylic acids is 1. The number of carboxylic acid groups (broad SMARTS) is 1. The van der Waals surface area contributed by atoms with Crippen molar-refractivity contribution in [2.24, 2.45) is 0 Å². The van der Waals surface area contributed by atoms with Crippen LogP contribution in [0.4, 0.5) is 5.82 Å². The van der Waals surface area contributed by atoms with Crippen molar-refractivity contribution in [2.75, 3.05) is 18.5 Å². The summed E-state index contributed by atoms with van der Waals surface area (Å²) < 4.78 is 5.48. The van der Waals surface area contributed by atoms with Gasteiger partial charge in [-0.3, -0.25) is 0 Å². The number of nitrogens with zero attached hydrogens (tertiary/aromatic N) is 1. The van der Waals surface area contributed by atoms with Crippen LogP contribution in [0.25, 0.3) is 0 Å². The van der Waals surface area contributed by atoms with Crippen LogP contribution in [-0.2, 0) is 4.74 Å². The molecular formula is C12H16N2O3. The molecule has 1 fully saturated rings. The van der Waals surface area contributed by atoms with Crippen molar-refractivity contribution in [3.05, 3.63) is 23.4 Å². The minimum absolute atomic E-state index is 0.243. The van der Waals surface area contributed by atoms with E-state index in [-0.39, 0.29) is 11.7 Å². The van der Waals surface area contributed by atoms with E-state index in [0.717, 1.165) is 26.0 Å². The number of aromatic nitrogens is 1. The fourth-order valence-electron chi connectivity index (χ4n) is 1.91. The van der Waals surface area contributed by atoms with Gasteiger partial charge in [0.05, 0.1) is 17.4 Å². The number of anilines is 1. The third-order valence-electron chi connectivity index (χ3n) is 2.85. The molecule has 1 atom stereocenters. The molecule has 2 rings (SSSR count). The molecule has 1 aromatic heterocycles. The zero-order valence-corrected chi connectivity index (χ0v) is 9.77. The molecule has 92 valence electrons. The molecule has 0 amide bonds. The Balaban J connectivity index is 1.97.